The molecular weight excluding hydrogens is 529 g/mol. The Morgan fingerprint density at radius 1 is 0.452 bits per heavy atom. The van der Waals surface area contributed by atoms with Gasteiger partial charge in [0.1, 0.15) is 84.3 Å². The van der Waals surface area contributed by atoms with E-state index >= 15 is 0 Å². The molecule has 1 aliphatic heterocycles. The van der Waals surface area contributed by atoms with Crippen LogP contribution in [0.1, 0.15) is 11.1 Å². The standard InChI is InChI=1S/C18H34N6O.6ClH/c25-18-16-2-1-3-17(18)15-24-13-11-22-9-7-20-5-4-19-6-8-21-10-12-23-14-16;;;;;;/h1-3,19-25H,4-15H2;6*1H. The topological polar surface area (TPSA) is 120 Å². The van der Waals surface area contributed by atoms with Crippen LogP contribution in [-0.4, -0.2) is 70.6 Å². The minimum absolute atomic E-state index is 0. The number of nitrogens with two attached hydrogens (primary N) is 6. The zero-order chi connectivity index (χ0) is 17.6. The maximum atomic E-state index is 10.5. The molecule has 0 saturated heterocycles. The Bertz CT molecular complexity index is 455. The smallest absolute Gasteiger partial charge is 0.133 e. The number of fused-ring (bicyclic) bond motifs is 2. The summed E-state index contributed by atoms with van der Waals surface area (Å²) < 4.78 is 0. The first-order valence-electron chi connectivity index (χ1n) is 10.1. The molecule has 0 amide bonds. The monoisotopic (exact) mass is 566 g/mol. The first kappa shape index (κ1) is 41.7. The third-order valence-electron chi connectivity index (χ3n) is 4.81. The average Bonchev–Trinajstić information content (AvgIpc) is 2.62. The van der Waals surface area contributed by atoms with E-state index in [1.54, 1.807) is 0 Å². The van der Waals surface area contributed by atoms with Gasteiger partial charge >= 0.3 is 0 Å². The van der Waals surface area contributed by atoms with Crippen LogP contribution in [0.2, 0.25) is 0 Å². The van der Waals surface area contributed by atoms with Gasteiger partial charge in [-0.2, -0.15) is 0 Å². The number of rotatable bonds is 0. The summed E-state index contributed by atoms with van der Waals surface area (Å²) in [6.07, 6.45) is 0. The first-order chi connectivity index (χ1) is 12.4. The van der Waals surface area contributed by atoms with Gasteiger partial charge < -0.3 is 111 Å². The first-order valence-corrected chi connectivity index (χ1v) is 10.1. The number of benzene rings is 1. The van der Waals surface area contributed by atoms with Crippen LogP contribution in [0.5, 0.6) is 5.75 Å². The van der Waals surface area contributed by atoms with E-state index in [1.165, 1.54) is 39.3 Å². The molecule has 1 heterocycles. The summed E-state index contributed by atoms with van der Waals surface area (Å²) in [7, 11) is 0. The summed E-state index contributed by atoms with van der Waals surface area (Å²) in [6.45, 7) is 13.5. The van der Waals surface area contributed by atoms with Crippen molar-refractivity contribution in [2.45, 2.75) is 13.1 Å². The lowest BCUT2D eigenvalue weighted by Crippen LogP contribution is -3.02. The fourth-order valence-electron chi connectivity index (χ4n) is 3.24. The third-order valence-corrected chi connectivity index (χ3v) is 4.81. The van der Waals surface area contributed by atoms with Gasteiger partial charge in [-0.3, -0.25) is 0 Å². The summed E-state index contributed by atoms with van der Waals surface area (Å²) >= 11 is 0. The van der Waals surface area contributed by atoms with E-state index in [9.17, 15) is 5.11 Å². The van der Waals surface area contributed by atoms with Crippen molar-refractivity contribution in [2.24, 2.45) is 0 Å². The molecule has 2 rings (SSSR count). The largest absolute Gasteiger partial charge is 1.00 e. The van der Waals surface area contributed by atoms with Gasteiger partial charge in [-0.05, 0) is 12.1 Å². The Labute approximate surface area is 224 Å². The molecule has 1 aliphatic rings. The normalized spacial score (nSPS) is 16.5. The third kappa shape index (κ3) is 19.7. The van der Waals surface area contributed by atoms with Gasteiger partial charge in [0.2, 0.25) is 0 Å². The number of quaternary nitrogens is 6. The highest BCUT2D eigenvalue weighted by Crippen LogP contribution is 2.20. The molecule has 0 radical (unpaired) electrons. The summed E-state index contributed by atoms with van der Waals surface area (Å²) in [5, 5.41) is 24.7. The van der Waals surface area contributed by atoms with Gasteiger partial charge in [-0.25, -0.2) is 0 Å². The van der Waals surface area contributed by atoms with E-state index in [1.807, 2.05) is 12.1 Å². The van der Waals surface area contributed by atoms with E-state index in [0.29, 0.717) is 5.75 Å². The van der Waals surface area contributed by atoms with Gasteiger partial charge in [0.05, 0.1) is 0 Å². The summed E-state index contributed by atoms with van der Waals surface area (Å²) in [4.78, 5) is 0. The van der Waals surface area contributed by atoms with Crippen LogP contribution in [0.3, 0.4) is 0 Å². The van der Waals surface area contributed by atoms with Crippen molar-refractivity contribution < 1.29 is 111 Å². The lowest BCUT2D eigenvalue weighted by atomic mass is 10.1. The lowest BCUT2D eigenvalue weighted by molar-refractivity contribution is -0.776. The SMILES string of the molecule is Oc1c2cccc1C[NH2+]CC[NH2+]CC[NH2+]CC[NH2+]CC[NH2+]CC[NH2+]C2.[Cl-].[Cl-].[Cl-].[Cl-].[Cl-].[Cl-]. The Hall–Kier alpha value is 0.520. The predicted octanol–water partition coefficient (Wildman–Crippen LogP) is -25.2. The van der Waals surface area contributed by atoms with Crippen molar-refractivity contribution in [2.75, 3.05) is 65.4 Å². The van der Waals surface area contributed by atoms with Crippen LogP contribution in [-0.2, 0) is 13.1 Å². The molecule has 0 atom stereocenters. The fourth-order valence-corrected chi connectivity index (χ4v) is 3.24. The number of phenolic OH excluding ortho intramolecular Hbond substituents is 1. The van der Waals surface area contributed by atoms with E-state index in [2.05, 4.69) is 38.0 Å². The Morgan fingerprint density at radius 3 is 1.00 bits per heavy atom. The van der Waals surface area contributed by atoms with Gasteiger partial charge in [-0.15, -0.1) is 0 Å². The molecule has 0 fully saturated rings. The minimum Gasteiger partial charge on any atom is -1.00 e. The molecule has 0 aliphatic carbocycles. The van der Waals surface area contributed by atoms with Gasteiger partial charge in [-0.1, -0.05) is 6.07 Å². The average molecular weight is 569 g/mol. The molecule has 13 heteroatoms. The van der Waals surface area contributed by atoms with Gasteiger partial charge in [0, 0.05) is 11.1 Å². The number of hydrogen-bond acceptors (Lipinski definition) is 1. The van der Waals surface area contributed by atoms with Crippen LogP contribution in [0.15, 0.2) is 18.2 Å². The molecule has 1 aromatic rings. The van der Waals surface area contributed by atoms with Crippen LogP contribution in [0.4, 0.5) is 0 Å². The van der Waals surface area contributed by atoms with Crippen LogP contribution < -0.4 is 106 Å². The summed E-state index contributed by atoms with van der Waals surface area (Å²) in [6, 6.07) is 6.17. The number of para-hydroxylation sites is 1. The molecule has 0 unspecified atom stereocenters. The van der Waals surface area contributed by atoms with E-state index in [-0.39, 0.29) is 74.4 Å². The number of phenols is 1. The molecule has 7 nitrogen and oxygen atoms in total. The van der Waals surface area contributed by atoms with Crippen molar-refractivity contribution in [1.29, 1.82) is 0 Å². The van der Waals surface area contributed by atoms with Crippen molar-refractivity contribution in [1.82, 2.24) is 0 Å². The fraction of sp³-hybridized carbons (Fsp3) is 0.667. The van der Waals surface area contributed by atoms with Gasteiger partial charge in [0.25, 0.3) is 0 Å². The zero-order valence-corrected chi connectivity index (χ0v) is 22.4. The van der Waals surface area contributed by atoms with Crippen LogP contribution in [0.25, 0.3) is 0 Å². The molecule has 0 aromatic heterocycles. The second-order valence-corrected chi connectivity index (χ2v) is 6.95. The van der Waals surface area contributed by atoms with E-state index < -0.39 is 0 Å². The van der Waals surface area contributed by atoms with Crippen molar-refractivity contribution in [3.8, 4) is 5.75 Å². The van der Waals surface area contributed by atoms with Crippen molar-refractivity contribution >= 4 is 0 Å². The van der Waals surface area contributed by atoms with Gasteiger partial charge in [0.15, 0.2) is 0 Å². The molecule has 0 saturated carbocycles. The van der Waals surface area contributed by atoms with Crippen LogP contribution in [0, 0.1) is 0 Å². The summed E-state index contributed by atoms with van der Waals surface area (Å²) in [5.74, 6) is 0.498. The number of hydrogen-bond donors (Lipinski definition) is 7. The predicted molar refractivity (Wildman–Crippen MR) is 95.7 cm³/mol. The highest BCUT2D eigenvalue weighted by molar-refractivity contribution is 5.39. The van der Waals surface area contributed by atoms with E-state index in [0.717, 1.165) is 50.4 Å². The molecule has 1 aromatic carbocycles. The zero-order valence-electron chi connectivity index (χ0n) is 17.9. The van der Waals surface area contributed by atoms with Crippen LogP contribution >= 0.6 is 0 Å². The molecule has 0 spiro atoms. The second-order valence-electron chi connectivity index (χ2n) is 6.95. The maximum absolute atomic E-state index is 10.5. The highest BCUT2D eigenvalue weighted by Gasteiger charge is 2.10. The molecular formula is C18H40Cl6N6O. The molecule has 2 bridgehead atoms. The number of halogens is 6. The van der Waals surface area contributed by atoms with E-state index in [4.69, 9.17) is 0 Å². The molecule has 13 N–H and O–H groups in total. The number of aromatic hydroxyl groups is 1. The Kier molecular flexibility index (Phi) is 38.4. The van der Waals surface area contributed by atoms with Crippen molar-refractivity contribution in [3.05, 3.63) is 29.3 Å². The molecule has 31 heavy (non-hydrogen) atoms. The minimum atomic E-state index is 0. The maximum Gasteiger partial charge on any atom is 0.133 e. The Balaban J connectivity index is -0.000000376. The summed E-state index contributed by atoms with van der Waals surface area (Å²) in [5.41, 5.74) is 2.12. The second kappa shape index (κ2) is 28.6. The van der Waals surface area contributed by atoms with Crippen molar-refractivity contribution in [3.63, 3.8) is 0 Å². The lowest BCUT2D eigenvalue weighted by Gasteiger charge is -2.08. The Morgan fingerprint density at radius 2 is 0.710 bits per heavy atom. The highest BCUT2D eigenvalue weighted by atomic mass is 35.5. The molecule has 190 valence electrons. The quantitative estimate of drug-likeness (QED) is 0.165.